The van der Waals surface area contributed by atoms with Crippen LogP contribution in [-0.2, 0) is 0 Å². The van der Waals surface area contributed by atoms with Crippen LogP contribution in [0.25, 0.3) is 0 Å². The molecule has 0 amide bonds. The minimum Gasteiger partial charge on any atom is -0.306 e. The van der Waals surface area contributed by atoms with Gasteiger partial charge in [-0.1, -0.05) is 6.92 Å². The predicted octanol–water partition coefficient (Wildman–Crippen LogP) is 2.34. The fourth-order valence-corrected chi connectivity index (χ4v) is 2.05. The molecule has 1 aliphatic carbocycles. The Morgan fingerprint density at radius 2 is 1.91 bits per heavy atom. The van der Waals surface area contributed by atoms with Crippen molar-refractivity contribution in [2.75, 3.05) is 14.1 Å². The molecule has 2 heteroatoms. The third-order valence-corrected chi connectivity index (χ3v) is 3.41. The van der Waals surface area contributed by atoms with Crippen LogP contribution < -0.4 is 0 Å². The largest absolute Gasteiger partial charge is 0.306 e. The second-order valence-corrected chi connectivity index (χ2v) is 4.48. The summed E-state index contributed by atoms with van der Waals surface area (Å²) in [4.78, 5) is 2.29. The van der Waals surface area contributed by atoms with E-state index < -0.39 is 0 Å². The summed E-state index contributed by atoms with van der Waals surface area (Å²) >= 11 is 6.18. The molecule has 0 spiro atoms. The summed E-state index contributed by atoms with van der Waals surface area (Å²) in [6, 6.07) is 0.716. The summed E-state index contributed by atoms with van der Waals surface area (Å²) < 4.78 is 0. The van der Waals surface area contributed by atoms with Crippen molar-refractivity contribution in [2.45, 2.75) is 37.6 Å². The van der Waals surface area contributed by atoms with Gasteiger partial charge in [-0.3, -0.25) is 0 Å². The highest BCUT2D eigenvalue weighted by Gasteiger charge is 2.26. The Labute approximate surface area is 74.7 Å². The van der Waals surface area contributed by atoms with Crippen LogP contribution in [0.2, 0.25) is 0 Å². The first-order valence-corrected chi connectivity index (χ1v) is 4.85. The Balaban J connectivity index is 2.40. The van der Waals surface area contributed by atoms with E-state index in [1.54, 1.807) is 0 Å². The highest BCUT2D eigenvalue weighted by atomic mass is 35.5. The molecule has 3 unspecified atom stereocenters. The molecule has 1 nitrogen and oxygen atoms in total. The van der Waals surface area contributed by atoms with Crippen molar-refractivity contribution in [2.24, 2.45) is 5.92 Å². The van der Waals surface area contributed by atoms with Crippen molar-refractivity contribution >= 4 is 11.6 Å². The molecule has 1 saturated carbocycles. The van der Waals surface area contributed by atoms with Gasteiger partial charge in [-0.25, -0.2) is 0 Å². The molecule has 11 heavy (non-hydrogen) atoms. The van der Waals surface area contributed by atoms with Crippen LogP contribution >= 0.6 is 11.6 Å². The third kappa shape index (κ3) is 2.34. The minimum atomic E-state index is 0.399. The molecule has 1 rings (SSSR count). The first kappa shape index (κ1) is 9.34. The van der Waals surface area contributed by atoms with Gasteiger partial charge in [-0.05, 0) is 39.3 Å². The molecule has 0 aromatic rings. The van der Waals surface area contributed by atoms with E-state index in [2.05, 4.69) is 25.9 Å². The predicted molar refractivity (Wildman–Crippen MR) is 50.1 cm³/mol. The van der Waals surface area contributed by atoms with Crippen LogP contribution in [0.15, 0.2) is 0 Å². The van der Waals surface area contributed by atoms with Crippen LogP contribution in [0.5, 0.6) is 0 Å². The fourth-order valence-electron chi connectivity index (χ4n) is 1.72. The van der Waals surface area contributed by atoms with E-state index in [4.69, 9.17) is 11.6 Å². The van der Waals surface area contributed by atoms with E-state index in [-0.39, 0.29) is 0 Å². The molecular formula is C9H18ClN. The van der Waals surface area contributed by atoms with E-state index in [1.165, 1.54) is 12.8 Å². The number of rotatable bonds is 1. The molecule has 0 aromatic carbocycles. The van der Waals surface area contributed by atoms with Gasteiger partial charge in [0.05, 0.1) is 0 Å². The molecule has 0 radical (unpaired) electrons. The zero-order valence-electron chi connectivity index (χ0n) is 7.68. The topological polar surface area (TPSA) is 3.24 Å². The monoisotopic (exact) mass is 175 g/mol. The van der Waals surface area contributed by atoms with Crippen molar-refractivity contribution < 1.29 is 0 Å². The van der Waals surface area contributed by atoms with E-state index in [0.29, 0.717) is 17.3 Å². The van der Waals surface area contributed by atoms with Crippen LogP contribution in [-0.4, -0.2) is 30.4 Å². The molecule has 0 aromatic heterocycles. The second kappa shape index (κ2) is 3.77. The number of nitrogens with zero attached hydrogens (tertiary/aromatic N) is 1. The van der Waals surface area contributed by atoms with E-state index >= 15 is 0 Å². The molecule has 66 valence electrons. The smallest absolute Gasteiger partial charge is 0.0376 e. The fraction of sp³-hybridized carbons (Fsp3) is 1.00. The van der Waals surface area contributed by atoms with Crippen molar-refractivity contribution in [3.63, 3.8) is 0 Å². The zero-order chi connectivity index (χ0) is 8.43. The van der Waals surface area contributed by atoms with Gasteiger partial charge in [0, 0.05) is 11.4 Å². The molecule has 0 N–H and O–H groups in total. The first-order chi connectivity index (χ1) is 5.11. The molecule has 0 saturated heterocycles. The van der Waals surface area contributed by atoms with Crippen molar-refractivity contribution in [3.05, 3.63) is 0 Å². The van der Waals surface area contributed by atoms with Gasteiger partial charge < -0.3 is 4.90 Å². The number of halogens is 1. The maximum Gasteiger partial charge on any atom is 0.0376 e. The molecule has 3 atom stereocenters. The minimum absolute atomic E-state index is 0.399. The zero-order valence-corrected chi connectivity index (χ0v) is 8.43. The number of hydrogen-bond acceptors (Lipinski definition) is 1. The van der Waals surface area contributed by atoms with Gasteiger partial charge >= 0.3 is 0 Å². The van der Waals surface area contributed by atoms with Gasteiger partial charge in [-0.2, -0.15) is 0 Å². The average molecular weight is 176 g/mol. The van der Waals surface area contributed by atoms with Crippen molar-refractivity contribution in [1.82, 2.24) is 4.90 Å². The third-order valence-electron chi connectivity index (χ3n) is 2.80. The highest BCUT2D eigenvalue weighted by Crippen LogP contribution is 2.30. The lowest BCUT2D eigenvalue weighted by Gasteiger charge is -2.34. The lowest BCUT2D eigenvalue weighted by Crippen LogP contribution is -2.36. The molecular weight excluding hydrogens is 158 g/mol. The molecule has 0 bridgehead atoms. The molecule has 0 heterocycles. The van der Waals surface area contributed by atoms with Crippen LogP contribution in [0, 0.1) is 5.92 Å². The van der Waals surface area contributed by atoms with Gasteiger partial charge in [0.1, 0.15) is 0 Å². The van der Waals surface area contributed by atoms with E-state index in [1.807, 2.05) is 0 Å². The summed E-state index contributed by atoms with van der Waals surface area (Å²) in [5.41, 5.74) is 0. The van der Waals surface area contributed by atoms with Gasteiger partial charge in [0.2, 0.25) is 0 Å². The number of alkyl halides is 1. The number of hydrogen-bond donors (Lipinski definition) is 0. The molecule has 1 fully saturated rings. The lowest BCUT2D eigenvalue weighted by molar-refractivity contribution is 0.204. The maximum absolute atomic E-state index is 6.18. The Bertz CT molecular complexity index is 125. The summed E-state index contributed by atoms with van der Waals surface area (Å²) in [5.74, 6) is 0.716. The Kier molecular flexibility index (Phi) is 3.20. The van der Waals surface area contributed by atoms with Crippen LogP contribution in [0.1, 0.15) is 26.2 Å². The Morgan fingerprint density at radius 3 is 2.36 bits per heavy atom. The summed E-state index contributed by atoms with van der Waals surface area (Å²) in [6.45, 7) is 2.25. The summed E-state index contributed by atoms with van der Waals surface area (Å²) in [7, 11) is 4.29. The second-order valence-electron chi connectivity index (χ2n) is 3.92. The van der Waals surface area contributed by atoms with Gasteiger partial charge in [-0.15, -0.1) is 11.6 Å². The highest BCUT2D eigenvalue weighted by molar-refractivity contribution is 6.20. The molecule has 0 aliphatic heterocycles. The van der Waals surface area contributed by atoms with Crippen molar-refractivity contribution in [1.29, 1.82) is 0 Å². The van der Waals surface area contributed by atoms with E-state index in [0.717, 1.165) is 6.42 Å². The quantitative estimate of drug-likeness (QED) is 0.553. The Hall–Kier alpha value is 0.250. The summed E-state index contributed by atoms with van der Waals surface area (Å²) in [5, 5.41) is 0.399. The van der Waals surface area contributed by atoms with Gasteiger partial charge in [0.25, 0.3) is 0 Å². The van der Waals surface area contributed by atoms with Gasteiger partial charge in [0.15, 0.2) is 0 Å². The van der Waals surface area contributed by atoms with Crippen LogP contribution in [0.3, 0.4) is 0 Å². The van der Waals surface area contributed by atoms with Crippen LogP contribution in [0.4, 0.5) is 0 Å². The van der Waals surface area contributed by atoms with Crippen molar-refractivity contribution in [3.8, 4) is 0 Å². The van der Waals surface area contributed by atoms with E-state index in [9.17, 15) is 0 Å². The standard InChI is InChI=1S/C9H18ClN/c1-7-4-5-8(11(2)3)6-9(7)10/h7-9H,4-6H2,1-3H3. The lowest BCUT2D eigenvalue weighted by atomic mass is 9.86. The average Bonchev–Trinajstić information content (AvgIpc) is 1.94. The Morgan fingerprint density at radius 1 is 1.27 bits per heavy atom. The first-order valence-electron chi connectivity index (χ1n) is 4.41. The SMILES string of the molecule is CC1CCC(N(C)C)CC1Cl. The maximum atomic E-state index is 6.18. The summed E-state index contributed by atoms with van der Waals surface area (Å²) in [6.07, 6.45) is 3.77. The normalized spacial score (nSPS) is 39.5. The molecule has 1 aliphatic rings.